The van der Waals surface area contributed by atoms with Crippen molar-refractivity contribution in [3.63, 3.8) is 0 Å². The molecular formula is C15H27NO4. The molecule has 5 nitrogen and oxygen atoms in total. The second-order valence-electron chi connectivity index (χ2n) is 4.22. The van der Waals surface area contributed by atoms with Crippen LogP contribution in [-0.2, 0) is 14.3 Å². The Bertz CT molecular complexity index is 290. The van der Waals surface area contributed by atoms with Gasteiger partial charge >= 0.3 is 5.97 Å². The zero-order valence-corrected chi connectivity index (χ0v) is 12.6. The van der Waals surface area contributed by atoms with Gasteiger partial charge in [-0.3, -0.25) is 4.79 Å². The smallest absolute Gasteiger partial charge is 0.305 e. The normalized spacial score (nSPS) is 13.0. The first kappa shape index (κ1) is 18.7. The number of carboxylic acid groups (broad SMARTS) is 1. The molecule has 1 N–H and O–H groups in total. The third kappa shape index (κ3) is 13.1. The number of aliphatic carboxylic acids is 1. The fraction of sp³-hybridized carbons (Fsp3) is 0.667. The van der Waals surface area contributed by atoms with Crippen molar-refractivity contribution in [2.75, 3.05) is 39.5 Å². The molecule has 0 aromatic heterocycles. The van der Waals surface area contributed by atoms with Crippen LogP contribution in [0.4, 0.5) is 0 Å². The molecule has 1 aliphatic rings. The molecule has 0 saturated heterocycles. The summed E-state index contributed by atoms with van der Waals surface area (Å²) in [7, 11) is 0. The number of ether oxygens (including phenoxy) is 2. The van der Waals surface area contributed by atoms with Gasteiger partial charge in [0.15, 0.2) is 0 Å². The highest BCUT2D eigenvalue weighted by Gasteiger charge is 1.95. The van der Waals surface area contributed by atoms with Crippen molar-refractivity contribution in [1.82, 2.24) is 4.90 Å². The molecule has 0 amide bonds. The lowest BCUT2D eigenvalue weighted by atomic mass is 10.3. The van der Waals surface area contributed by atoms with E-state index in [1.54, 1.807) is 0 Å². The van der Waals surface area contributed by atoms with Gasteiger partial charge in [0.2, 0.25) is 0 Å². The van der Waals surface area contributed by atoms with E-state index in [0.717, 1.165) is 6.54 Å². The molecule has 1 heterocycles. The summed E-state index contributed by atoms with van der Waals surface area (Å²) in [5.74, 6) is -0.832. The predicted molar refractivity (Wildman–Crippen MR) is 79.7 cm³/mol. The standard InChI is InChI=1S/C8H13N.C7H14O4/c1-2-6-9-7-4-3-5-8-9;1-2-10-5-6-11-4-3-7(8)9/h3-5,7H,2,6,8H2,1H3;2-6H2,1H3,(H,8,9). The Morgan fingerprint density at radius 2 is 1.95 bits per heavy atom. The van der Waals surface area contributed by atoms with Crippen molar-refractivity contribution in [2.45, 2.75) is 26.7 Å². The van der Waals surface area contributed by atoms with Crippen LogP contribution in [0.15, 0.2) is 24.4 Å². The Morgan fingerprint density at radius 1 is 1.20 bits per heavy atom. The van der Waals surface area contributed by atoms with Gasteiger partial charge in [0.25, 0.3) is 0 Å². The molecule has 1 aliphatic heterocycles. The van der Waals surface area contributed by atoms with Gasteiger partial charge in [0, 0.05) is 19.7 Å². The van der Waals surface area contributed by atoms with Crippen LogP contribution in [0.5, 0.6) is 0 Å². The first-order chi connectivity index (χ1) is 9.70. The van der Waals surface area contributed by atoms with Crippen LogP contribution < -0.4 is 0 Å². The summed E-state index contributed by atoms with van der Waals surface area (Å²) in [6.07, 6.45) is 9.79. The van der Waals surface area contributed by atoms with Crippen molar-refractivity contribution in [1.29, 1.82) is 0 Å². The molecular weight excluding hydrogens is 258 g/mol. The van der Waals surface area contributed by atoms with E-state index in [9.17, 15) is 4.79 Å². The minimum Gasteiger partial charge on any atom is -0.481 e. The molecule has 0 bridgehead atoms. The molecule has 0 unspecified atom stereocenters. The zero-order valence-electron chi connectivity index (χ0n) is 12.6. The Labute approximate surface area is 121 Å². The van der Waals surface area contributed by atoms with E-state index in [1.807, 2.05) is 6.92 Å². The second kappa shape index (κ2) is 14.1. The number of carboxylic acids is 1. The third-order valence-corrected chi connectivity index (χ3v) is 2.43. The predicted octanol–water partition coefficient (Wildman–Crippen LogP) is 2.30. The fourth-order valence-corrected chi connectivity index (χ4v) is 1.48. The molecule has 5 heteroatoms. The summed E-state index contributed by atoms with van der Waals surface area (Å²) in [5, 5.41) is 8.20. The first-order valence-electron chi connectivity index (χ1n) is 7.15. The average molecular weight is 285 g/mol. The minimum absolute atomic E-state index is 0.0616. The van der Waals surface area contributed by atoms with Crippen molar-refractivity contribution in [3.8, 4) is 0 Å². The first-order valence-corrected chi connectivity index (χ1v) is 7.15. The lowest BCUT2D eigenvalue weighted by Gasteiger charge is -2.18. The summed E-state index contributed by atoms with van der Waals surface area (Å²) in [4.78, 5) is 12.3. The van der Waals surface area contributed by atoms with Crippen molar-refractivity contribution < 1.29 is 19.4 Å². The summed E-state index contributed by atoms with van der Waals surface area (Å²) in [6, 6.07) is 0. The molecule has 116 valence electrons. The summed E-state index contributed by atoms with van der Waals surface area (Å²) in [5.41, 5.74) is 0. The van der Waals surface area contributed by atoms with E-state index in [0.29, 0.717) is 19.8 Å². The molecule has 0 aromatic carbocycles. The van der Waals surface area contributed by atoms with Gasteiger partial charge in [-0.25, -0.2) is 0 Å². The largest absolute Gasteiger partial charge is 0.481 e. The molecule has 20 heavy (non-hydrogen) atoms. The number of allylic oxidation sites excluding steroid dienone is 2. The summed E-state index contributed by atoms with van der Waals surface area (Å²) >= 11 is 0. The molecule has 0 aromatic rings. The Morgan fingerprint density at radius 3 is 2.50 bits per heavy atom. The van der Waals surface area contributed by atoms with E-state index < -0.39 is 5.97 Å². The van der Waals surface area contributed by atoms with Gasteiger partial charge in [-0.05, 0) is 25.6 Å². The Hall–Kier alpha value is -1.33. The van der Waals surface area contributed by atoms with Gasteiger partial charge in [-0.2, -0.15) is 0 Å². The maximum atomic E-state index is 9.98. The van der Waals surface area contributed by atoms with Gasteiger partial charge in [0.1, 0.15) is 0 Å². The van der Waals surface area contributed by atoms with Gasteiger partial charge in [-0.1, -0.05) is 19.1 Å². The highest BCUT2D eigenvalue weighted by atomic mass is 16.5. The van der Waals surface area contributed by atoms with Crippen LogP contribution in [0.1, 0.15) is 26.7 Å². The van der Waals surface area contributed by atoms with Crippen molar-refractivity contribution >= 4 is 5.97 Å². The van der Waals surface area contributed by atoms with E-state index >= 15 is 0 Å². The molecule has 0 fully saturated rings. The van der Waals surface area contributed by atoms with Gasteiger partial charge in [0.05, 0.1) is 26.2 Å². The fourth-order valence-electron chi connectivity index (χ4n) is 1.48. The summed E-state index contributed by atoms with van der Waals surface area (Å²) < 4.78 is 9.91. The number of nitrogens with zero attached hydrogens (tertiary/aromatic N) is 1. The van der Waals surface area contributed by atoms with E-state index in [4.69, 9.17) is 14.6 Å². The Kier molecular flexibility index (Phi) is 13.2. The molecule has 0 saturated carbocycles. The maximum absolute atomic E-state index is 9.98. The molecule has 0 radical (unpaired) electrons. The van der Waals surface area contributed by atoms with Crippen LogP contribution in [-0.4, -0.2) is 55.5 Å². The molecule has 1 rings (SSSR count). The van der Waals surface area contributed by atoms with Crippen LogP contribution in [0, 0.1) is 0 Å². The number of carbonyl (C=O) groups is 1. The highest BCUT2D eigenvalue weighted by molar-refractivity contribution is 5.66. The maximum Gasteiger partial charge on any atom is 0.305 e. The van der Waals surface area contributed by atoms with Crippen LogP contribution >= 0.6 is 0 Å². The minimum atomic E-state index is -0.832. The zero-order chi connectivity index (χ0) is 15.1. The van der Waals surface area contributed by atoms with Crippen LogP contribution in [0.3, 0.4) is 0 Å². The third-order valence-electron chi connectivity index (χ3n) is 2.43. The van der Waals surface area contributed by atoms with E-state index in [-0.39, 0.29) is 13.0 Å². The molecule has 0 spiro atoms. The average Bonchev–Trinajstić information content (AvgIpc) is 2.45. The highest BCUT2D eigenvalue weighted by Crippen LogP contribution is 1.98. The van der Waals surface area contributed by atoms with Crippen molar-refractivity contribution in [2.24, 2.45) is 0 Å². The second-order valence-corrected chi connectivity index (χ2v) is 4.22. The van der Waals surface area contributed by atoms with E-state index in [1.165, 1.54) is 13.0 Å². The van der Waals surface area contributed by atoms with Crippen LogP contribution in [0.2, 0.25) is 0 Å². The summed E-state index contributed by atoms with van der Waals surface area (Å²) in [6.45, 7) is 8.32. The van der Waals surface area contributed by atoms with Crippen LogP contribution in [0.25, 0.3) is 0 Å². The van der Waals surface area contributed by atoms with Gasteiger partial charge < -0.3 is 19.5 Å². The molecule has 0 atom stereocenters. The number of hydrogen-bond acceptors (Lipinski definition) is 4. The van der Waals surface area contributed by atoms with Crippen molar-refractivity contribution in [3.05, 3.63) is 24.4 Å². The van der Waals surface area contributed by atoms with E-state index in [2.05, 4.69) is 36.3 Å². The molecule has 0 aliphatic carbocycles. The topological polar surface area (TPSA) is 59.0 Å². The number of hydrogen-bond donors (Lipinski definition) is 1. The SMILES string of the molecule is CCCN1C=CC=CC1.CCOCCOCCC(=O)O. The van der Waals surface area contributed by atoms with Gasteiger partial charge in [-0.15, -0.1) is 0 Å². The monoisotopic (exact) mass is 285 g/mol. The lowest BCUT2D eigenvalue weighted by molar-refractivity contribution is -0.138. The number of rotatable bonds is 9. The Balaban J connectivity index is 0.000000367. The quantitative estimate of drug-likeness (QED) is 0.659. The lowest BCUT2D eigenvalue weighted by Crippen LogP contribution is -2.19.